The summed E-state index contributed by atoms with van der Waals surface area (Å²) in [5, 5.41) is 9.72. The van der Waals surface area contributed by atoms with Gasteiger partial charge in [-0.2, -0.15) is 0 Å². The van der Waals surface area contributed by atoms with Crippen molar-refractivity contribution in [3.63, 3.8) is 0 Å². The molecule has 6 heteroatoms. The molecule has 0 aromatic heterocycles. The molecule has 4 nitrogen and oxygen atoms in total. The summed E-state index contributed by atoms with van der Waals surface area (Å²) in [4.78, 5) is 8.94. The Kier molecular flexibility index (Phi) is 8.31. The van der Waals surface area contributed by atoms with Crippen LogP contribution in [0.2, 0.25) is 0 Å². The van der Waals surface area contributed by atoms with Crippen LogP contribution in [0.15, 0.2) is 63.9 Å². The van der Waals surface area contributed by atoms with E-state index >= 15 is 0 Å². The molecule has 0 bridgehead atoms. The highest BCUT2D eigenvalue weighted by atomic mass is 19.3. The summed E-state index contributed by atoms with van der Waals surface area (Å²) >= 11 is 0. The second kappa shape index (κ2) is 10.7. The third kappa shape index (κ3) is 6.98. The lowest BCUT2D eigenvalue weighted by atomic mass is 10.0. The fourth-order valence-electron chi connectivity index (χ4n) is 2.60. The van der Waals surface area contributed by atoms with Crippen molar-refractivity contribution in [3.8, 4) is 0 Å². The van der Waals surface area contributed by atoms with E-state index in [2.05, 4.69) is 9.98 Å². The molecule has 2 atom stereocenters. The number of nitrogens with two attached hydrogens (primary N) is 1. The van der Waals surface area contributed by atoms with Crippen LogP contribution in [0.5, 0.6) is 0 Å². The van der Waals surface area contributed by atoms with Gasteiger partial charge in [0.1, 0.15) is 6.23 Å². The third-order valence-electron chi connectivity index (χ3n) is 4.05. The van der Waals surface area contributed by atoms with Crippen LogP contribution in [0.25, 0.3) is 0 Å². The molecule has 3 N–H and O–H groups in total. The zero-order valence-electron chi connectivity index (χ0n) is 14.6. The Labute approximate surface area is 152 Å². The molecule has 0 aliphatic heterocycles. The van der Waals surface area contributed by atoms with Crippen LogP contribution in [-0.2, 0) is 0 Å². The zero-order valence-corrected chi connectivity index (χ0v) is 14.6. The van der Waals surface area contributed by atoms with Gasteiger partial charge in [0.2, 0.25) is 6.43 Å². The molecular formula is C20H25F2N3O. The zero-order chi connectivity index (χ0) is 18.8. The highest BCUT2D eigenvalue weighted by Crippen LogP contribution is 2.25. The van der Waals surface area contributed by atoms with Gasteiger partial charge in [-0.25, -0.2) is 8.78 Å². The van der Waals surface area contributed by atoms with Gasteiger partial charge in [-0.3, -0.25) is 9.98 Å². The van der Waals surface area contributed by atoms with Crippen molar-refractivity contribution in [1.29, 1.82) is 0 Å². The van der Waals surface area contributed by atoms with Crippen molar-refractivity contribution >= 4 is 12.4 Å². The van der Waals surface area contributed by atoms with E-state index < -0.39 is 12.7 Å². The smallest absolute Gasteiger partial charge is 0.238 e. The molecule has 0 saturated carbocycles. The lowest BCUT2D eigenvalue weighted by Gasteiger charge is -2.13. The first-order chi connectivity index (χ1) is 12.6. The number of alkyl halides is 2. The molecule has 0 spiro atoms. The Hall–Kier alpha value is -2.18. The molecule has 2 unspecified atom stereocenters. The molecule has 0 fully saturated rings. The second-order valence-electron chi connectivity index (χ2n) is 6.18. The van der Waals surface area contributed by atoms with Gasteiger partial charge >= 0.3 is 0 Å². The van der Waals surface area contributed by atoms with Crippen molar-refractivity contribution in [2.45, 2.75) is 44.8 Å². The fourth-order valence-corrected chi connectivity index (χ4v) is 2.60. The molecule has 0 saturated heterocycles. The van der Waals surface area contributed by atoms with Crippen LogP contribution in [0, 0.1) is 5.92 Å². The fraction of sp³-hybridized carbons (Fsp3) is 0.400. The summed E-state index contributed by atoms with van der Waals surface area (Å²) in [6.07, 6.45) is 6.04. The maximum atomic E-state index is 12.2. The van der Waals surface area contributed by atoms with Crippen molar-refractivity contribution in [2.75, 3.05) is 0 Å². The summed E-state index contributed by atoms with van der Waals surface area (Å²) in [6.45, 7) is 0. The van der Waals surface area contributed by atoms with Crippen LogP contribution in [0.4, 0.5) is 8.78 Å². The van der Waals surface area contributed by atoms with Crippen LogP contribution in [0.3, 0.4) is 0 Å². The number of unbranched alkanes of at least 4 members (excludes halogenated alkanes) is 1. The number of hydrogen-bond acceptors (Lipinski definition) is 4. The van der Waals surface area contributed by atoms with Crippen molar-refractivity contribution in [1.82, 2.24) is 0 Å². The highest BCUT2D eigenvalue weighted by molar-refractivity contribution is 5.80. The van der Waals surface area contributed by atoms with Crippen molar-refractivity contribution < 1.29 is 13.9 Å². The largest absolute Gasteiger partial charge is 0.378 e. The molecule has 140 valence electrons. The van der Waals surface area contributed by atoms with Gasteiger partial charge < -0.3 is 10.8 Å². The number of allylic oxidation sites excluding steroid dienone is 1. The van der Waals surface area contributed by atoms with E-state index in [1.165, 1.54) is 0 Å². The van der Waals surface area contributed by atoms with E-state index in [4.69, 9.17) is 5.73 Å². The minimum Gasteiger partial charge on any atom is -0.378 e. The van der Waals surface area contributed by atoms with Gasteiger partial charge in [0.25, 0.3) is 0 Å². The summed E-state index contributed by atoms with van der Waals surface area (Å²) in [6, 6.07) is 9.70. The number of aliphatic imine (C=N–C) groups is 2. The van der Waals surface area contributed by atoms with Crippen molar-refractivity contribution in [3.05, 3.63) is 59.4 Å². The molecule has 0 heterocycles. The van der Waals surface area contributed by atoms with Crippen LogP contribution < -0.4 is 5.73 Å². The first-order valence-corrected chi connectivity index (χ1v) is 8.82. The molecule has 1 aromatic rings. The van der Waals surface area contributed by atoms with Crippen LogP contribution in [-0.4, -0.2) is 30.2 Å². The van der Waals surface area contributed by atoms with Crippen LogP contribution >= 0.6 is 0 Å². The predicted octanol–water partition coefficient (Wildman–Crippen LogP) is 4.07. The van der Waals surface area contributed by atoms with Gasteiger partial charge in [0.15, 0.2) is 0 Å². The maximum Gasteiger partial charge on any atom is 0.238 e. The van der Waals surface area contributed by atoms with E-state index in [9.17, 15) is 13.9 Å². The summed E-state index contributed by atoms with van der Waals surface area (Å²) < 4.78 is 24.4. The average Bonchev–Trinajstić information content (AvgIpc) is 2.83. The first kappa shape index (κ1) is 20.1. The lowest BCUT2D eigenvalue weighted by Crippen LogP contribution is -2.28. The predicted molar refractivity (Wildman–Crippen MR) is 101 cm³/mol. The Bertz CT molecular complexity index is 667. The van der Waals surface area contributed by atoms with Crippen LogP contribution in [0.1, 0.15) is 37.7 Å². The van der Waals surface area contributed by atoms with E-state index in [1.54, 1.807) is 12.4 Å². The molecule has 1 aliphatic rings. The quantitative estimate of drug-likeness (QED) is 0.416. The molecule has 0 amide bonds. The molecular weight excluding hydrogens is 336 g/mol. The highest BCUT2D eigenvalue weighted by Gasteiger charge is 2.17. The number of aliphatic hydroxyl groups excluding tert-OH is 1. The number of rotatable bonds is 8. The van der Waals surface area contributed by atoms with E-state index in [0.29, 0.717) is 30.7 Å². The third-order valence-corrected chi connectivity index (χ3v) is 4.05. The summed E-state index contributed by atoms with van der Waals surface area (Å²) in [5.41, 5.74) is 7.91. The number of aliphatic hydroxyl groups is 1. The Morgan fingerprint density at radius 1 is 1.19 bits per heavy atom. The molecule has 1 aliphatic carbocycles. The average molecular weight is 361 g/mol. The van der Waals surface area contributed by atoms with E-state index in [1.807, 2.05) is 42.5 Å². The Morgan fingerprint density at radius 3 is 2.65 bits per heavy atom. The number of halogens is 2. The number of hydrogen-bond donors (Lipinski definition) is 2. The molecule has 2 rings (SSSR count). The van der Waals surface area contributed by atoms with Crippen molar-refractivity contribution in [2.24, 2.45) is 21.6 Å². The summed E-state index contributed by atoms with van der Waals surface area (Å²) in [5.74, 6) is -0.219. The summed E-state index contributed by atoms with van der Waals surface area (Å²) in [7, 11) is 0. The second-order valence-corrected chi connectivity index (χ2v) is 6.18. The topological polar surface area (TPSA) is 71.0 Å². The molecule has 26 heavy (non-hydrogen) atoms. The number of benzene rings is 1. The van der Waals surface area contributed by atoms with Gasteiger partial charge in [0.05, 0.1) is 11.4 Å². The minimum absolute atomic E-state index is 0.135. The SMILES string of the molecule is NC(O)C1C=C(/N=C/CCCC(F)F)C(/N=C/c2ccccc2)=CCC1. The lowest BCUT2D eigenvalue weighted by molar-refractivity contribution is 0.133. The Morgan fingerprint density at radius 2 is 1.96 bits per heavy atom. The normalized spacial score (nSPS) is 19.7. The van der Waals surface area contributed by atoms with Gasteiger partial charge in [-0.05, 0) is 37.3 Å². The van der Waals surface area contributed by atoms with Gasteiger partial charge in [0, 0.05) is 24.8 Å². The molecule has 0 radical (unpaired) electrons. The van der Waals surface area contributed by atoms with Gasteiger partial charge in [-0.15, -0.1) is 0 Å². The monoisotopic (exact) mass is 361 g/mol. The number of nitrogens with zero attached hydrogens (tertiary/aromatic N) is 2. The maximum absolute atomic E-state index is 12.2. The molecule has 1 aromatic carbocycles. The minimum atomic E-state index is -2.29. The van der Waals surface area contributed by atoms with Gasteiger partial charge in [-0.1, -0.05) is 36.4 Å². The Balaban J connectivity index is 2.14. The van der Waals surface area contributed by atoms with E-state index in [0.717, 1.165) is 12.0 Å². The first-order valence-electron chi connectivity index (χ1n) is 8.82. The van der Waals surface area contributed by atoms with E-state index in [-0.39, 0.29) is 12.3 Å². The standard InChI is InChI=1S/C20H25F2N3O/c21-19(22)11-4-5-12-24-18-13-16(20(23)26)9-6-10-17(18)25-14-15-7-2-1-3-8-15/h1-3,7-8,10,12-14,16,19-20,26H,4-6,9,11,23H2/b24-12+,25-14+.